The maximum Gasteiger partial charge on any atom is 0.0958 e. The van der Waals surface area contributed by atoms with Gasteiger partial charge in [-0.15, -0.1) is 0 Å². The number of hydrogen-bond acceptors (Lipinski definition) is 3. The zero-order valence-corrected chi connectivity index (χ0v) is 8.12. The molecule has 5 N–H and O–H groups in total. The van der Waals surface area contributed by atoms with Gasteiger partial charge < -0.3 is 16.6 Å². The monoisotopic (exact) mass is 200 g/mol. The third-order valence-corrected chi connectivity index (χ3v) is 2.10. The normalized spacial score (nSPS) is 15.4. The second-order valence-electron chi connectivity index (χ2n) is 3.08. The molecule has 0 amide bonds. The largest absolute Gasteiger partial charge is 0.398 e. The molecule has 0 bridgehead atoms. The molecule has 0 saturated heterocycles. The number of nitrogens with two attached hydrogens (primary N) is 2. The van der Waals surface area contributed by atoms with Gasteiger partial charge in [0.15, 0.2) is 0 Å². The molecule has 1 rings (SSSR count). The van der Waals surface area contributed by atoms with Gasteiger partial charge in [0.1, 0.15) is 0 Å². The highest BCUT2D eigenvalue weighted by molar-refractivity contribution is 6.30. The summed E-state index contributed by atoms with van der Waals surface area (Å²) in [7, 11) is 0. The summed E-state index contributed by atoms with van der Waals surface area (Å²) in [6.07, 6.45) is -0.765. The lowest BCUT2D eigenvalue weighted by Gasteiger charge is -2.16. The van der Waals surface area contributed by atoms with E-state index in [1.165, 1.54) is 0 Å². The van der Waals surface area contributed by atoms with E-state index in [4.69, 9.17) is 23.1 Å². The molecule has 0 aliphatic heterocycles. The Morgan fingerprint density at radius 3 is 2.62 bits per heavy atom. The van der Waals surface area contributed by atoms with Crippen molar-refractivity contribution in [3.05, 3.63) is 28.8 Å². The van der Waals surface area contributed by atoms with Crippen molar-refractivity contribution in [1.29, 1.82) is 0 Å². The number of hydrogen-bond donors (Lipinski definition) is 3. The van der Waals surface area contributed by atoms with Gasteiger partial charge in [-0.3, -0.25) is 0 Å². The Labute approximate surface area is 82.3 Å². The zero-order valence-electron chi connectivity index (χ0n) is 7.37. The van der Waals surface area contributed by atoms with Gasteiger partial charge in [0, 0.05) is 22.3 Å². The van der Waals surface area contributed by atoms with E-state index in [-0.39, 0.29) is 6.04 Å². The van der Waals surface area contributed by atoms with E-state index in [2.05, 4.69) is 0 Å². The molecular formula is C9H13ClN2O. The fourth-order valence-corrected chi connectivity index (χ4v) is 1.27. The minimum atomic E-state index is -0.765. The molecule has 0 unspecified atom stereocenters. The van der Waals surface area contributed by atoms with Crippen molar-refractivity contribution in [2.24, 2.45) is 5.73 Å². The first kappa shape index (κ1) is 10.3. The molecule has 1 aromatic rings. The van der Waals surface area contributed by atoms with Gasteiger partial charge in [-0.25, -0.2) is 0 Å². The lowest BCUT2D eigenvalue weighted by Crippen LogP contribution is -2.25. The van der Waals surface area contributed by atoms with Crippen molar-refractivity contribution >= 4 is 17.3 Å². The highest BCUT2D eigenvalue weighted by atomic mass is 35.5. The summed E-state index contributed by atoms with van der Waals surface area (Å²) in [6.45, 7) is 1.71. The third-order valence-electron chi connectivity index (χ3n) is 1.87. The Bertz CT molecular complexity index is 302. The molecule has 1 aromatic carbocycles. The number of aliphatic hydroxyl groups is 1. The van der Waals surface area contributed by atoms with Crippen molar-refractivity contribution in [1.82, 2.24) is 0 Å². The highest BCUT2D eigenvalue weighted by Crippen LogP contribution is 2.25. The predicted octanol–water partition coefficient (Wildman–Crippen LogP) is 1.30. The van der Waals surface area contributed by atoms with E-state index in [9.17, 15) is 5.11 Å². The van der Waals surface area contributed by atoms with Crippen LogP contribution < -0.4 is 11.5 Å². The van der Waals surface area contributed by atoms with Gasteiger partial charge in [0.05, 0.1) is 6.10 Å². The molecule has 13 heavy (non-hydrogen) atoms. The third kappa shape index (κ3) is 2.34. The molecule has 0 radical (unpaired) electrons. The molecule has 0 fully saturated rings. The average molecular weight is 201 g/mol. The fraction of sp³-hybridized carbons (Fsp3) is 0.333. The number of rotatable bonds is 2. The Morgan fingerprint density at radius 2 is 2.08 bits per heavy atom. The summed E-state index contributed by atoms with van der Waals surface area (Å²) in [4.78, 5) is 0. The fourth-order valence-electron chi connectivity index (χ4n) is 1.08. The van der Waals surface area contributed by atoms with E-state index in [1.54, 1.807) is 25.1 Å². The van der Waals surface area contributed by atoms with Crippen LogP contribution in [-0.2, 0) is 0 Å². The van der Waals surface area contributed by atoms with Crippen molar-refractivity contribution in [2.75, 3.05) is 5.73 Å². The van der Waals surface area contributed by atoms with Crippen molar-refractivity contribution in [2.45, 2.75) is 19.1 Å². The van der Waals surface area contributed by atoms with Crippen LogP contribution >= 0.6 is 11.6 Å². The summed E-state index contributed by atoms with van der Waals surface area (Å²) in [5, 5.41) is 10.2. The van der Waals surface area contributed by atoms with E-state index in [0.717, 1.165) is 0 Å². The SMILES string of the molecule is C[C@@H](N)[C@H](O)c1cc(Cl)ccc1N. The standard InChI is InChI=1S/C9H13ClN2O/c1-5(11)9(13)7-4-6(10)2-3-8(7)12/h2-5,9,13H,11-12H2,1H3/t5-,9+/m1/s1. The van der Waals surface area contributed by atoms with Crippen LogP contribution in [0.25, 0.3) is 0 Å². The summed E-state index contributed by atoms with van der Waals surface area (Å²) < 4.78 is 0. The summed E-state index contributed by atoms with van der Waals surface area (Å²) in [5.41, 5.74) is 12.3. The first-order chi connectivity index (χ1) is 6.02. The number of benzene rings is 1. The second kappa shape index (κ2) is 3.96. The van der Waals surface area contributed by atoms with Crippen LogP contribution in [0.3, 0.4) is 0 Å². The predicted molar refractivity (Wildman–Crippen MR) is 54.5 cm³/mol. The lowest BCUT2D eigenvalue weighted by atomic mass is 10.0. The molecule has 0 aliphatic carbocycles. The van der Waals surface area contributed by atoms with Crippen LogP contribution in [0.4, 0.5) is 5.69 Å². The number of halogens is 1. The van der Waals surface area contributed by atoms with Crippen LogP contribution in [0.1, 0.15) is 18.6 Å². The Morgan fingerprint density at radius 1 is 1.46 bits per heavy atom. The average Bonchev–Trinajstić information content (AvgIpc) is 2.08. The highest BCUT2D eigenvalue weighted by Gasteiger charge is 2.15. The Kier molecular flexibility index (Phi) is 3.14. The van der Waals surface area contributed by atoms with Gasteiger partial charge in [0.2, 0.25) is 0 Å². The first-order valence-corrected chi connectivity index (χ1v) is 4.38. The molecular weight excluding hydrogens is 188 g/mol. The van der Waals surface area contributed by atoms with Crippen LogP contribution in [0.15, 0.2) is 18.2 Å². The molecule has 72 valence electrons. The van der Waals surface area contributed by atoms with Gasteiger partial charge in [-0.1, -0.05) is 11.6 Å². The maximum absolute atomic E-state index is 9.64. The molecule has 4 heteroatoms. The second-order valence-corrected chi connectivity index (χ2v) is 3.51. The van der Waals surface area contributed by atoms with Crippen molar-refractivity contribution in [3.63, 3.8) is 0 Å². The van der Waals surface area contributed by atoms with E-state index >= 15 is 0 Å². The van der Waals surface area contributed by atoms with Gasteiger partial charge in [0.25, 0.3) is 0 Å². The molecule has 0 saturated carbocycles. The molecule has 2 atom stereocenters. The van der Waals surface area contributed by atoms with Crippen LogP contribution in [-0.4, -0.2) is 11.1 Å². The van der Waals surface area contributed by atoms with Crippen LogP contribution in [0, 0.1) is 0 Å². The topological polar surface area (TPSA) is 72.3 Å². The van der Waals surface area contributed by atoms with Gasteiger partial charge in [-0.05, 0) is 25.1 Å². The minimum Gasteiger partial charge on any atom is -0.398 e. The van der Waals surface area contributed by atoms with E-state index < -0.39 is 6.10 Å². The van der Waals surface area contributed by atoms with Crippen molar-refractivity contribution < 1.29 is 5.11 Å². The number of anilines is 1. The number of aliphatic hydroxyl groups excluding tert-OH is 1. The zero-order chi connectivity index (χ0) is 10.0. The van der Waals surface area contributed by atoms with Gasteiger partial charge >= 0.3 is 0 Å². The smallest absolute Gasteiger partial charge is 0.0958 e. The summed E-state index contributed by atoms with van der Waals surface area (Å²) in [5.74, 6) is 0. The molecule has 0 aliphatic rings. The summed E-state index contributed by atoms with van der Waals surface area (Å²) >= 11 is 5.76. The van der Waals surface area contributed by atoms with Crippen molar-refractivity contribution in [3.8, 4) is 0 Å². The molecule has 0 aromatic heterocycles. The van der Waals surface area contributed by atoms with E-state index in [1.807, 2.05) is 0 Å². The summed E-state index contributed by atoms with van der Waals surface area (Å²) in [6, 6.07) is 4.60. The molecule has 3 nitrogen and oxygen atoms in total. The lowest BCUT2D eigenvalue weighted by molar-refractivity contribution is 0.154. The van der Waals surface area contributed by atoms with E-state index in [0.29, 0.717) is 16.3 Å². The quantitative estimate of drug-likeness (QED) is 0.631. The maximum atomic E-state index is 9.64. The Balaban J connectivity index is 3.05. The first-order valence-electron chi connectivity index (χ1n) is 4.01. The Hall–Kier alpha value is -0.770. The molecule has 0 heterocycles. The number of nitrogen functional groups attached to an aromatic ring is 1. The van der Waals surface area contributed by atoms with Gasteiger partial charge in [-0.2, -0.15) is 0 Å². The molecule has 0 spiro atoms. The van der Waals surface area contributed by atoms with Crippen LogP contribution in [0.5, 0.6) is 0 Å². The minimum absolute atomic E-state index is 0.360. The van der Waals surface area contributed by atoms with Crippen LogP contribution in [0.2, 0.25) is 5.02 Å².